The zero-order valence-corrected chi connectivity index (χ0v) is 43.4. The van der Waals surface area contributed by atoms with Gasteiger partial charge in [0.15, 0.2) is 0 Å². The number of para-hydroxylation sites is 4. The van der Waals surface area contributed by atoms with Crippen LogP contribution in [0.1, 0.15) is 20.8 Å². The highest BCUT2D eigenvalue weighted by Gasteiger charge is 2.19. The third-order valence-corrected chi connectivity index (χ3v) is 15.0. The molecule has 0 radical (unpaired) electrons. The highest BCUT2D eigenvalue weighted by atomic mass is 31.2. The van der Waals surface area contributed by atoms with Crippen molar-refractivity contribution >= 4 is 79.7 Å². The van der Waals surface area contributed by atoms with Gasteiger partial charge in [-0.05, 0) is 115 Å². The molecule has 374 valence electrons. The molecular weight excluding hydrogens is 960 g/mol. The summed E-state index contributed by atoms with van der Waals surface area (Å²) in [6, 6.07) is 81.4. The number of benzene rings is 10. The molecule has 9 nitrogen and oxygen atoms in total. The number of H-pyrrole nitrogens is 1. The lowest BCUT2D eigenvalue weighted by Crippen LogP contribution is -1.94. The Balaban J connectivity index is 0.000000138. The molecule has 0 aliphatic heterocycles. The summed E-state index contributed by atoms with van der Waals surface area (Å²) >= 11 is 0. The Morgan fingerprint density at radius 1 is 0.421 bits per heavy atom. The number of nitro benzene ring substituents is 1. The number of nitrogens with zero attached hydrogens (tertiary/aromatic N) is 3. The molecule has 3 heterocycles. The second kappa shape index (κ2) is 22.4. The average Bonchev–Trinajstić information content (AvgIpc) is 4.22. The molecule has 0 aliphatic rings. The van der Waals surface area contributed by atoms with Crippen LogP contribution in [0.3, 0.4) is 0 Å². The summed E-state index contributed by atoms with van der Waals surface area (Å²) in [5.74, 6) is 0. The average molecular weight is 1020 g/mol. The Bertz CT molecular complexity index is 4120. The highest BCUT2D eigenvalue weighted by molar-refractivity contribution is 7.41. The van der Waals surface area contributed by atoms with Gasteiger partial charge in [0, 0.05) is 55.3 Å². The van der Waals surface area contributed by atoms with E-state index in [-0.39, 0.29) is 10.6 Å². The third-order valence-electron chi connectivity index (χ3n) is 13.6. The van der Waals surface area contributed by atoms with Crippen LogP contribution in [0.4, 0.5) is 5.69 Å². The van der Waals surface area contributed by atoms with E-state index in [1.807, 2.05) is 63.2 Å². The van der Waals surface area contributed by atoms with Gasteiger partial charge in [-0.2, -0.15) is 0 Å². The van der Waals surface area contributed by atoms with Crippen LogP contribution in [0.15, 0.2) is 237 Å². The SMILES string of the molecule is CCOP(OCC)OCC.O=[N+]([O-])c1ccccc1-c1ccc2c(c1)c1ccccc1n2-c1ccc(-c2ccccc2)cc1.c1ccc(-c2ccc(-n3c4ccccc4c4c5[nH]c6ccccc6c5ccc43)cc2)cc1. The van der Waals surface area contributed by atoms with Crippen LogP contribution in [0.2, 0.25) is 0 Å². The number of hydrogen-bond donors (Lipinski definition) is 1. The van der Waals surface area contributed by atoms with Crippen LogP contribution >= 0.6 is 8.60 Å². The Morgan fingerprint density at radius 2 is 0.868 bits per heavy atom. The molecule has 0 unspecified atom stereocenters. The van der Waals surface area contributed by atoms with E-state index >= 15 is 0 Å². The lowest BCUT2D eigenvalue weighted by Gasteiger charge is -2.12. The minimum Gasteiger partial charge on any atom is -0.354 e. The molecule has 13 aromatic rings. The summed E-state index contributed by atoms with van der Waals surface area (Å²) in [5, 5.41) is 18.9. The molecule has 10 heteroatoms. The number of aromatic nitrogens is 3. The van der Waals surface area contributed by atoms with Crippen molar-refractivity contribution in [1.29, 1.82) is 0 Å². The van der Waals surface area contributed by atoms with Gasteiger partial charge in [-0.25, -0.2) is 0 Å². The first-order chi connectivity index (χ1) is 37.4. The van der Waals surface area contributed by atoms with Gasteiger partial charge in [-0.1, -0.05) is 164 Å². The van der Waals surface area contributed by atoms with Gasteiger partial charge in [0.05, 0.1) is 57.9 Å². The number of nitrogens with one attached hydrogen (secondary N) is 1. The summed E-state index contributed by atoms with van der Waals surface area (Å²) in [7, 11) is -1.06. The van der Waals surface area contributed by atoms with Crippen molar-refractivity contribution in [1.82, 2.24) is 14.1 Å². The van der Waals surface area contributed by atoms with E-state index in [1.54, 1.807) is 18.2 Å². The third kappa shape index (κ3) is 9.77. The van der Waals surface area contributed by atoms with Gasteiger partial charge in [-0.3, -0.25) is 10.1 Å². The van der Waals surface area contributed by atoms with E-state index in [4.69, 9.17) is 13.6 Å². The summed E-state index contributed by atoms with van der Waals surface area (Å²) in [5.41, 5.74) is 15.6. The van der Waals surface area contributed by atoms with Crippen molar-refractivity contribution in [3.05, 3.63) is 247 Å². The second-order valence-electron chi connectivity index (χ2n) is 18.1. The van der Waals surface area contributed by atoms with E-state index < -0.39 is 8.60 Å². The quantitative estimate of drug-likeness (QED) is 0.0747. The monoisotopic (exact) mass is 1010 g/mol. The van der Waals surface area contributed by atoms with E-state index in [1.165, 1.54) is 71.6 Å². The fraction of sp³-hybridized carbons (Fsp3) is 0.0909. The van der Waals surface area contributed by atoms with Gasteiger partial charge >= 0.3 is 8.60 Å². The molecule has 0 bridgehead atoms. The van der Waals surface area contributed by atoms with Crippen molar-refractivity contribution in [3.8, 4) is 44.8 Å². The summed E-state index contributed by atoms with van der Waals surface area (Å²) in [4.78, 5) is 15.0. The van der Waals surface area contributed by atoms with E-state index in [9.17, 15) is 10.1 Å². The molecule has 0 spiro atoms. The van der Waals surface area contributed by atoms with E-state index in [0.29, 0.717) is 25.4 Å². The van der Waals surface area contributed by atoms with Crippen molar-refractivity contribution in [2.45, 2.75) is 20.8 Å². The predicted molar refractivity (Wildman–Crippen MR) is 316 cm³/mol. The van der Waals surface area contributed by atoms with Crippen LogP contribution < -0.4 is 0 Å². The smallest absolute Gasteiger partial charge is 0.332 e. The zero-order valence-electron chi connectivity index (χ0n) is 42.5. The summed E-state index contributed by atoms with van der Waals surface area (Å²) < 4.78 is 20.1. The Kier molecular flexibility index (Phi) is 14.6. The standard InChI is InChI=1S/C30H20N2O2.C30H20N2.C6H15O3P/c33-32(34)30-13-7-4-10-25(30)23-16-19-29-27(20-23)26-11-5-6-12-28(26)31(29)24-17-14-22(15-18-24)21-8-2-1-3-9-21;1-2-8-20(9-3-1)21-14-16-22(17-15-21)32-27-13-7-5-11-25(27)29-28(32)19-18-24-23-10-4-6-12-26(23)31-30(24)29;1-4-7-10(8-5-2)9-6-3/h1-20H;1-19,31H;4-6H2,1-3H3. The maximum absolute atomic E-state index is 11.6. The predicted octanol–water partition coefficient (Wildman–Crippen LogP) is 18.4. The molecule has 0 fully saturated rings. The molecule has 10 aromatic carbocycles. The molecule has 76 heavy (non-hydrogen) atoms. The van der Waals surface area contributed by atoms with Gasteiger partial charge in [0.1, 0.15) is 0 Å². The van der Waals surface area contributed by atoms with Gasteiger partial charge in [0.25, 0.3) is 5.69 Å². The first kappa shape index (κ1) is 49.5. The van der Waals surface area contributed by atoms with Gasteiger partial charge in [-0.15, -0.1) is 0 Å². The molecule has 1 N–H and O–H groups in total. The summed E-state index contributed by atoms with van der Waals surface area (Å²) in [6.07, 6.45) is 0. The fourth-order valence-corrected chi connectivity index (χ4v) is 11.1. The number of aromatic amines is 1. The first-order valence-corrected chi connectivity index (χ1v) is 26.7. The van der Waals surface area contributed by atoms with Crippen LogP contribution in [0, 0.1) is 10.1 Å². The molecule has 3 aromatic heterocycles. The minimum absolute atomic E-state index is 0.113. The molecule has 0 atom stereocenters. The first-order valence-electron chi connectivity index (χ1n) is 25.6. The normalized spacial score (nSPS) is 11.4. The topological polar surface area (TPSA) is 96.5 Å². The van der Waals surface area contributed by atoms with Crippen molar-refractivity contribution in [3.63, 3.8) is 0 Å². The van der Waals surface area contributed by atoms with E-state index in [2.05, 4.69) is 190 Å². The largest absolute Gasteiger partial charge is 0.354 e. The maximum Gasteiger partial charge on any atom is 0.332 e. The lowest BCUT2D eigenvalue weighted by atomic mass is 10.0. The highest BCUT2D eigenvalue weighted by Crippen LogP contribution is 2.41. The Morgan fingerprint density at radius 3 is 1.46 bits per heavy atom. The number of hydrogen-bond acceptors (Lipinski definition) is 5. The lowest BCUT2D eigenvalue weighted by molar-refractivity contribution is -0.384. The molecule has 0 amide bonds. The number of fused-ring (bicyclic) bond motifs is 10. The second-order valence-corrected chi connectivity index (χ2v) is 19.3. The van der Waals surface area contributed by atoms with Crippen molar-refractivity contribution in [2.24, 2.45) is 0 Å². The minimum atomic E-state index is -1.06. The van der Waals surface area contributed by atoms with Gasteiger partial charge < -0.3 is 27.7 Å². The molecule has 0 aliphatic carbocycles. The van der Waals surface area contributed by atoms with E-state index in [0.717, 1.165) is 33.1 Å². The molecule has 0 saturated carbocycles. The van der Waals surface area contributed by atoms with Crippen molar-refractivity contribution < 1.29 is 18.5 Å². The fourth-order valence-electron chi connectivity index (χ4n) is 10.2. The van der Waals surface area contributed by atoms with Crippen LogP contribution in [-0.4, -0.2) is 38.9 Å². The summed E-state index contributed by atoms with van der Waals surface area (Å²) in [6.45, 7) is 7.71. The Hall–Kier alpha value is -8.69. The molecule has 0 saturated heterocycles. The van der Waals surface area contributed by atoms with Gasteiger partial charge in [0.2, 0.25) is 0 Å². The van der Waals surface area contributed by atoms with Crippen LogP contribution in [0.5, 0.6) is 0 Å². The van der Waals surface area contributed by atoms with Crippen molar-refractivity contribution in [2.75, 3.05) is 19.8 Å². The number of rotatable bonds is 12. The maximum atomic E-state index is 11.6. The molecular formula is C66H55N4O5P. The zero-order chi connectivity index (χ0) is 52.0. The Labute approximate surface area is 442 Å². The molecule has 13 rings (SSSR count). The van der Waals surface area contributed by atoms with Crippen LogP contribution in [0.25, 0.3) is 110 Å². The van der Waals surface area contributed by atoms with Crippen LogP contribution in [-0.2, 0) is 13.6 Å². The number of nitro groups is 1.